The molecule has 3 heteroatoms. The highest BCUT2D eigenvalue weighted by Gasteiger charge is 2.49. The second kappa shape index (κ2) is 4.68. The third-order valence-electron chi connectivity index (χ3n) is 4.51. The monoisotopic (exact) mass is 234 g/mol. The largest absolute Gasteiger partial charge is 0.352 e. The lowest BCUT2D eigenvalue weighted by Crippen LogP contribution is -2.51. The molecule has 0 aromatic carbocycles. The molecule has 0 saturated heterocycles. The van der Waals surface area contributed by atoms with Gasteiger partial charge in [0.05, 0.1) is 6.07 Å². The fraction of sp³-hybridized carbons (Fsp3) is 0.857. The number of carbonyl (C=O) groups is 1. The fourth-order valence-electron chi connectivity index (χ4n) is 3.38. The Bertz CT molecular complexity index is 333. The average molecular weight is 234 g/mol. The van der Waals surface area contributed by atoms with Crippen LogP contribution in [0.25, 0.3) is 0 Å². The van der Waals surface area contributed by atoms with Crippen LogP contribution in [0, 0.1) is 28.6 Å². The van der Waals surface area contributed by atoms with Crippen molar-refractivity contribution in [1.82, 2.24) is 5.32 Å². The van der Waals surface area contributed by atoms with Crippen LogP contribution in [0.1, 0.15) is 52.4 Å². The second-order valence-electron chi connectivity index (χ2n) is 6.01. The number of rotatable bonds is 3. The van der Waals surface area contributed by atoms with Crippen molar-refractivity contribution < 1.29 is 4.79 Å². The first kappa shape index (κ1) is 12.4. The van der Waals surface area contributed by atoms with E-state index in [1.807, 2.05) is 0 Å². The van der Waals surface area contributed by atoms with Crippen LogP contribution in [0.4, 0.5) is 0 Å². The quantitative estimate of drug-likeness (QED) is 0.816. The molecule has 2 saturated carbocycles. The summed E-state index contributed by atoms with van der Waals surface area (Å²) in [5.41, 5.74) is -0.716. The van der Waals surface area contributed by atoms with Crippen LogP contribution in [0.5, 0.6) is 0 Å². The molecular weight excluding hydrogens is 212 g/mol. The number of nitrogens with zero attached hydrogens (tertiary/aromatic N) is 1. The van der Waals surface area contributed by atoms with Gasteiger partial charge in [-0.3, -0.25) is 4.79 Å². The summed E-state index contributed by atoms with van der Waals surface area (Å²) in [5.74, 6) is 1.10. The van der Waals surface area contributed by atoms with Gasteiger partial charge in [0.25, 0.3) is 0 Å². The van der Waals surface area contributed by atoms with Crippen LogP contribution in [-0.2, 0) is 4.79 Å². The van der Waals surface area contributed by atoms with Crippen LogP contribution in [0.3, 0.4) is 0 Å². The van der Waals surface area contributed by atoms with E-state index in [4.69, 9.17) is 0 Å². The van der Waals surface area contributed by atoms with E-state index < -0.39 is 5.41 Å². The Morgan fingerprint density at radius 1 is 1.41 bits per heavy atom. The minimum absolute atomic E-state index is 0.0301. The van der Waals surface area contributed by atoms with Gasteiger partial charge in [-0.1, -0.05) is 19.8 Å². The number of carbonyl (C=O) groups excluding carboxylic acids is 1. The van der Waals surface area contributed by atoms with E-state index in [1.54, 1.807) is 0 Å². The molecule has 1 unspecified atom stereocenters. The van der Waals surface area contributed by atoms with Crippen molar-refractivity contribution in [3.63, 3.8) is 0 Å². The lowest BCUT2D eigenvalue weighted by atomic mass is 9.63. The third-order valence-corrected chi connectivity index (χ3v) is 4.51. The van der Waals surface area contributed by atoms with Gasteiger partial charge in [0.15, 0.2) is 0 Å². The van der Waals surface area contributed by atoms with Crippen LogP contribution in [0.15, 0.2) is 0 Å². The summed E-state index contributed by atoms with van der Waals surface area (Å²) < 4.78 is 0. The van der Waals surface area contributed by atoms with E-state index in [9.17, 15) is 10.1 Å². The van der Waals surface area contributed by atoms with Crippen LogP contribution in [-0.4, -0.2) is 11.9 Å². The average Bonchev–Trinajstić information content (AvgIpc) is 2.77. The molecule has 0 aromatic rings. The topological polar surface area (TPSA) is 52.9 Å². The van der Waals surface area contributed by atoms with Gasteiger partial charge in [0.1, 0.15) is 5.41 Å². The molecule has 17 heavy (non-hydrogen) atoms. The van der Waals surface area contributed by atoms with Crippen molar-refractivity contribution in [3.8, 4) is 6.07 Å². The zero-order chi connectivity index (χ0) is 12.5. The molecule has 0 heterocycles. The molecule has 2 aliphatic rings. The van der Waals surface area contributed by atoms with Crippen molar-refractivity contribution in [2.24, 2.45) is 17.3 Å². The summed E-state index contributed by atoms with van der Waals surface area (Å²) >= 11 is 0. The minimum Gasteiger partial charge on any atom is -0.352 e. The first-order chi connectivity index (χ1) is 8.07. The molecule has 1 atom stereocenters. The van der Waals surface area contributed by atoms with Gasteiger partial charge in [-0.2, -0.15) is 5.26 Å². The smallest absolute Gasteiger partial charge is 0.240 e. The maximum Gasteiger partial charge on any atom is 0.240 e. The van der Waals surface area contributed by atoms with E-state index in [1.165, 1.54) is 25.7 Å². The molecule has 0 spiro atoms. The number of hydrogen-bond acceptors (Lipinski definition) is 2. The summed E-state index contributed by atoms with van der Waals surface area (Å²) in [6.07, 6.45) is 6.46. The maximum atomic E-state index is 12.2. The van der Waals surface area contributed by atoms with Gasteiger partial charge in [0, 0.05) is 6.04 Å². The molecule has 3 nitrogen and oxygen atoms in total. The van der Waals surface area contributed by atoms with Crippen molar-refractivity contribution in [3.05, 3.63) is 0 Å². The van der Waals surface area contributed by atoms with Crippen LogP contribution >= 0.6 is 0 Å². The standard InChI is InChI=1S/C14H22N2O/c1-10-7-14(8-10,9-15)13(17)16-11(2)12-5-3-4-6-12/h10-12H,3-8H2,1-2H3,(H,16,17). The van der Waals surface area contributed by atoms with Gasteiger partial charge in [0.2, 0.25) is 5.91 Å². The van der Waals surface area contributed by atoms with Crippen LogP contribution < -0.4 is 5.32 Å². The third kappa shape index (κ3) is 2.31. The van der Waals surface area contributed by atoms with E-state index in [2.05, 4.69) is 25.2 Å². The predicted molar refractivity (Wildman–Crippen MR) is 66.0 cm³/mol. The highest BCUT2D eigenvalue weighted by atomic mass is 16.2. The van der Waals surface area contributed by atoms with Crippen molar-refractivity contribution in [1.29, 1.82) is 5.26 Å². The predicted octanol–water partition coefficient (Wildman–Crippen LogP) is 2.62. The number of nitriles is 1. The molecule has 94 valence electrons. The highest BCUT2D eigenvalue weighted by molar-refractivity contribution is 5.86. The van der Waals surface area contributed by atoms with E-state index in [-0.39, 0.29) is 11.9 Å². The van der Waals surface area contributed by atoms with Gasteiger partial charge >= 0.3 is 0 Å². The van der Waals surface area contributed by atoms with E-state index in [0.29, 0.717) is 11.8 Å². The van der Waals surface area contributed by atoms with Crippen LogP contribution in [0.2, 0.25) is 0 Å². The molecule has 0 bridgehead atoms. The molecule has 0 aromatic heterocycles. The number of hydrogen-bond donors (Lipinski definition) is 1. The molecule has 2 aliphatic carbocycles. The molecular formula is C14H22N2O. The van der Waals surface area contributed by atoms with Crippen molar-refractivity contribution in [2.75, 3.05) is 0 Å². The first-order valence-corrected chi connectivity index (χ1v) is 6.79. The summed E-state index contributed by atoms with van der Waals surface area (Å²) in [5, 5.41) is 12.3. The molecule has 0 radical (unpaired) electrons. The zero-order valence-electron chi connectivity index (χ0n) is 10.8. The highest BCUT2D eigenvalue weighted by Crippen LogP contribution is 2.45. The fourth-order valence-corrected chi connectivity index (χ4v) is 3.38. The zero-order valence-corrected chi connectivity index (χ0v) is 10.8. The van der Waals surface area contributed by atoms with Gasteiger partial charge in [-0.25, -0.2) is 0 Å². The number of amides is 1. The lowest BCUT2D eigenvalue weighted by Gasteiger charge is -2.40. The normalized spacial score (nSPS) is 34.8. The van der Waals surface area contributed by atoms with Crippen molar-refractivity contribution >= 4 is 5.91 Å². The Kier molecular flexibility index (Phi) is 3.42. The van der Waals surface area contributed by atoms with Crippen molar-refractivity contribution in [2.45, 2.75) is 58.4 Å². The lowest BCUT2D eigenvalue weighted by molar-refractivity contribution is -0.135. The SMILES string of the molecule is CC1CC(C#N)(C(=O)NC(C)C2CCCC2)C1. The first-order valence-electron chi connectivity index (χ1n) is 6.79. The number of nitrogens with one attached hydrogen (secondary N) is 1. The molecule has 1 N–H and O–H groups in total. The Morgan fingerprint density at radius 2 is 2.00 bits per heavy atom. The minimum atomic E-state index is -0.716. The van der Waals surface area contributed by atoms with E-state index in [0.717, 1.165) is 12.8 Å². The molecule has 0 aliphatic heterocycles. The Labute approximate surface area is 104 Å². The second-order valence-corrected chi connectivity index (χ2v) is 6.01. The molecule has 2 fully saturated rings. The Morgan fingerprint density at radius 3 is 2.47 bits per heavy atom. The van der Waals surface area contributed by atoms with Gasteiger partial charge in [-0.05, 0) is 44.4 Å². The summed E-state index contributed by atoms with van der Waals surface area (Å²) in [7, 11) is 0. The summed E-state index contributed by atoms with van der Waals surface area (Å²) in [6, 6.07) is 2.46. The Hall–Kier alpha value is -1.04. The van der Waals surface area contributed by atoms with Gasteiger partial charge in [-0.15, -0.1) is 0 Å². The summed E-state index contributed by atoms with van der Waals surface area (Å²) in [6.45, 7) is 4.18. The maximum absolute atomic E-state index is 12.2. The molecule has 2 rings (SSSR count). The summed E-state index contributed by atoms with van der Waals surface area (Å²) in [4.78, 5) is 12.2. The van der Waals surface area contributed by atoms with E-state index >= 15 is 0 Å². The Balaban J connectivity index is 1.90. The van der Waals surface area contributed by atoms with Gasteiger partial charge < -0.3 is 5.32 Å². The molecule has 1 amide bonds.